The Hall–Kier alpha value is -4.16. The van der Waals surface area contributed by atoms with E-state index in [4.69, 9.17) is 4.74 Å². The van der Waals surface area contributed by atoms with Crippen LogP contribution in [0.2, 0.25) is 0 Å². The molecule has 4 rings (SSSR count). The molecule has 0 aromatic heterocycles. The first-order valence-electron chi connectivity index (χ1n) is 18.8. The van der Waals surface area contributed by atoms with Gasteiger partial charge in [0, 0.05) is 18.2 Å². The first-order chi connectivity index (χ1) is 24.5. The smallest absolute Gasteiger partial charge is 0.258 e. The highest BCUT2D eigenvalue weighted by molar-refractivity contribution is 6.33. The van der Waals surface area contributed by atoms with Crippen LogP contribution in [0, 0.1) is 5.82 Å². The van der Waals surface area contributed by atoms with Gasteiger partial charge in [-0.1, -0.05) is 144 Å². The molecule has 0 spiro atoms. The van der Waals surface area contributed by atoms with Crippen molar-refractivity contribution in [2.45, 2.75) is 116 Å². The minimum Gasteiger partial charge on any atom is -0.377 e. The molecule has 3 aromatic rings. The summed E-state index contributed by atoms with van der Waals surface area (Å²) in [6.45, 7) is 1.33. The lowest BCUT2D eigenvalue weighted by Crippen LogP contribution is -2.21. The Morgan fingerprint density at radius 3 is 1.68 bits per heavy atom. The van der Waals surface area contributed by atoms with Crippen LogP contribution in [-0.2, 0) is 27.4 Å². The molecule has 50 heavy (non-hydrogen) atoms. The average molecular weight is 680 g/mol. The Kier molecular flexibility index (Phi) is 17.4. The molecule has 2 amide bonds. The van der Waals surface area contributed by atoms with Gasteiger partial charge in [0.1, 0.15) is 5.82 Å². The van der Waals surface area contributed by atoms with Gasteiger partial charge in [-0.15, -0.1) is 0 Å². The predicted molar refractivity (Wildman–Crippen MR) is 201 cm³/mol. The van der Waals surface area contributed by atoms with Gasteiger partial charge >= 0.3 is 0 Å². The van der Waals surface area contributed by atoms with E-state index >= 15 is 0 Å². The Morgan fingerprint density at radius 2 is 1.14 bits per heavy atom. The van der Waals surface area contributed by atoms with E-state index < -0.39 is 0 Å². The fourth-order valence-electron chi connectivity index (χ4n) is 6.28. The van der Waals surface area contributed by atoms with E-state index in [1.807, 2.05) is 30.3 Å². The maximum absolute atomic E-state index is 13.0. The minimum absolute atomic E-state index is 0.122. The molecule has 0 radical (unpaired) electrons. The van der Waals surface area contributed by atoms with Gasteiger partial charge in [0.15, 0.2) is 5.78 Å². The van der Waals surface area contributed by atoms with Gasteiger partial charge in [-0.05, 0) is 71.9 Å². The summed E-state index contributed by atoms with van der Waals surface area (Å²) in [5.41, 5.74) is 5.06. The number of hydrogen-bond acceptors (Lipinski definition) is 4. The van der Waals surface area contributed by atoms with E-state index in [9.17, 15) is 18.8 Å². The number of amides is 2. The highest BCUT2D eigenvalue weighted by Gasteiger charge is 2.21. The molecule has 3 aromatic carbocycles. The highest BCUT2D eigenvalue weighted by atomic mass is 19.1. The van der Waals surface area contributed by atoms with E-state index in [1.54, 1.807) is 6.08 Å². The molecule has 1 aliphatic rings. The van der Waals surface area contributed by atoms with Gasteiger partial charge in [-0.2, -0.15) is 0 Å². The van der Waals surface area contributed by atoms with E-state index in [0.29, 0.717) is 17.7 Å². The van der Waals surface area contributed by atoms with Crippen molar-refractivity contribution in [2.24, 2.45) is 0 Å². The van der Waals surface area contributed by atoms with Crippen LogP contribution in [0.3, 0.4) is 0 Å². The number of benzene rings is 3. The molecule has 1 N–H and O–H groups in total. The Balaban J connectivity index is 0.872. The van der Waals surface area contributed by atoms with Crippen molar-refractivity contribution < 1.29 is 23.5 Å². The van der Waals surface area contributed by atoms with E-state index in [1.165, 1.54) is 132 Å². The van der Waals surface area contributed by atoms with Gasteiger partial charge in [0.25, 0.3) is 11.8 Å². The zero-order chi connectivity index (χ0) is 35.2. The summed E-state index contributed by atoms with van der Waals surface area (Å²) in [4.78, 5) is 35.3. The Bertz CT molecular complexity index is 1520. The second-order valence-corrected chi connectivity index (χ2v) is 13.5. The molecule has 0 aliphatic carbocycles. The summed E-state index contributed by atoms with van der Waals surface area (Å²) in [5.74, 6) is -1.16. The zero-order valence-corrected chi connectivity index (χ0v) is 29.6. The van der Waals surface area contributed by atoms with Crippen LogP contribution in [-0.4, -0.2) is 24.2 Å². The fourth-order valence-corrected chi connectivity index (χ4v) is 6.28. The van der Waals surface area contributed by atoms with Crippen LogP contribution in [0.4, 0.5) is 4.39 Å². The van der Waals surface area contributed by atoms with Crippen molar-refractivity contribution >= 4 is 29.2 Å². The molecular formula is C44H54FNO4. The quantitative estimate of drug-likeness (QED) is 0.0419. The Morgan fingerprint density at radius 1 is 0.620 bits per heavy atom. The summed E-state index contributed by atoms with van der Waals surface area (Å²) in [6, 6.07) is 21.7. The summed E-state index contributed by atoms with van der Waals surface area (Å²) < 4.78 is 18.9. The third-order valence-electron chi connectivity index (χ3n) is 9.33. The van der Waals surface area contributed by atoms with Gasteiger partial charge in [0.2, 0.25) is 0 Å². The SMILES string of the molecule is O=C1C=C(c2ccc(COCCCCCCCCCCCCCCCCCCc3ccc(C=CC(=O)c4ccc(F)cc4)cc3)cc2)C(=O)N1. The number of hydrogen-bond donors (Lipinski definition) is 1. The van der Waals surface area contributed by atoms with Crippen molar-refractivity contribution in [1.29, 1.82) is 0 Å². The number of allylic oxidation sites excluding steroid dienone is 1. The molecule has 0 saturated heterocycles. The number of halogens is 1. The van der Waals surface area contributed by atoms with Gasteiger partial charge < -0.3 is 4.74 Å². The monoisotopic (exact) mass is 679 g/mol. The summed E-state index contributed by atoms with van der Waals surface area (Å²) in [5, 5.41) is 2.28. The molecule has 0 atom stereocenters. The number of carbonyl (C=O) groups is 3. The molecule has 5 nitrogen and oxygen atoms in total. The molecule has 0 bridgehead atoms. The zero-order valence-electron chi connectivity index (χ0n) is 29.6. The van der Waals surface area contributed by atoms with Crippen molar-refractivity contribution in [3.63, 3.8) is 0 Å². The van der Waals surface area contributed by atoms with E-state index in [2.05, 4.69) is 29.6 Å². The first-order valence-corrected chi connectivity index (χ1v) is 18.8. The number of aryl methyl sites for hydroxylation is 1. The number of ketones is 1. The van der Waals surface area contributed by atoms with Crippen LogP contribution in [0.15, 0.2) is 84.9 Å². The van der Waals surface area contributed by atoms with Crippen LogP contribution >= 0.6 is 0 Å². The number of carbonyl (C=O) groups excluding carboxylic acids is 3. The molecule has 0 saturated carbocycles. The van der Waals surface area contributed by atoms with Crippen molar-refractivity contribution in [3.8, 4) is 0 Å². The van der Waals surface area contributed by atoms with Crippen molar-refractivity contribution in [1.82, 2.24) is 5.32 Å². The highest BCUT2D eigenvalue weighted by Crippen LogP contribution is 2.20. The molecule has 6 heteroatoms. The minimum atomic E-state index is -0.357. The third-order valence-corrected chi connectivity index (χ3v) is 9.33. The maximum atomic E-state index is 13.0. The van der Waals surface area contributed by atoms with Gasteiger partial charge in [-0.3, -0.25) is 19.7 Å². The predicted octanol–water partition coefficient (Wildman–Crippen LogP) is 10.8. The lowest BCUT2D eigenvalue weighted by Gasteiger charge is -2.06. The maximum Gasteiger partial charge on any atom is 0.258 e. The number of imide groups is 1. The molecule has 0 unspecified atom stereocenters. The van der Waals surface area contributed by atoms with E-state index in [0.717, 1.165) is 36.1 Å². The van der Waals surface area contributed by atoms with Crippen LogP contribution in [0.5, 0.6) is 0 Å². The van der Waals surface area contributed by atoms with Crippen LogP contribution < -0.4 is 5.32 Å². The topological polar surface area (TPSA) is 72.5 Å². The summed E-state index contributed by atoms with van der Waals surface area (Å²) in [7, 11) is 0. The Labute approximate surface area is 298 Å². The third kappa shape index (κ3) is 14.8. The molecule has 1 aliphatic heterocycles. The largest absolute Gasteiger partial charge is 0.377 e. The standard InChI is InChI=1S/C44H54FNO4/c45-40-29-27-39(28-30-40)42(47)31-24-36-20-18-35(19-21-36)17-15-13-11-9-7-5-3-1-2-4-6-8-10-12-14-16-32-50-34-37-22-25-38(26-23-37)41-33-43(48)46-44(41)49/h18-31,33H,1-17,32,34H2,(H,46,48,49). The van der Waals surface area contributed by atoms with Crippen LogP contribution in [0.25, 0.3) is 11.6 Å². The second kappa shape index (κ2) is 22.5. The van der Waals surface area contributed by atoms with Crippen LogP contribution in [0.1, 0.15) is 135 Å². The summed E-state index contributed by atoms with van der Waals surface area (Å²) in [6.07, 6.45) is 26.8. The number of nitrogens with one attached hydrogen (secondary N) is 1. The first kappa shape index (κ1) is 38.6. The molecular weight excluding hydrogens is 625 g/mol. The van der Waals surface area contributed by atoms with Crippen molar-refractivity contribution in [2.75, 3.05) is 6.61 Å². The number of rotatable bonds is 25. The second-order valence-electron chi connectivity index (χ2n) is 13.5. The number of ether oxygens (including phenoxy) is 1. The molecule has 0 fully saturated rings. The lowest BCUT2D eigenvalue weighted by molar-refractivity contribution is -0.123. The van der Waals surface area contributed by atoms with Gasteiger partial charge in [-0.25, -0.2) is 4.39 Å². The lowest BCUT2D eigenvalue weighted by atomic mass is 10.0. The van der Waals surface area contributed by atoms with Gasteiger partial charge in [0.05, 0.1) is 12.2 Å². The molecule has 266 valence electrons. The normalized spacial score (nSPS) is 12.9. The average Bonchev–Trinajstić information content (AvgIpc) is 3.47. The van der Waals surface area contributed by atoms with E-state index in [-0.39, 0.29) is 23.4 Å². The number of unbranched alkanes of at least 4 members (excludes halogenated alkanes) is 15. The molecule has 1 heterocycles. The fraction of sp³-hybridized carbons (Fsp3) is 0.432. The van der Waals surface area contributed by atoms with Crippen molar-refractivity contribution in [3.05, 3.63) is 119 Å². The summed E-state index contributed by atoms with van der Waals surface area (Å²) >= 11 is 0.